The van der Waals surface area contributed by atoms with E-state index < -0.39 is 0 Å². The topological polar surface area (TPSA) is 104 Å². The molecule has 0 aliphatic carbocycles. The number of amides is 1. The number of carbonyl (C=O) groups is 2. The minimum atomic E-state index is -0.279. The van der Waals surface area contributed by atoms with Crippen molar-refractivity contribution in [3.8, 4) is 11.3 Å². The highest BCUT2D eigenvalue weighted by molar-refractivity contribution is 6.04. The summed E-state index contributed by atoms with van der Waals surface area (Å²) in [7, 11) is 0. The average Bonchev–Trinajstić information content (AvgIpc) is 3.24. The number of aryl methyl sites for hydroxylation is 2. The van der Waals surface area contributed by atoms with Gasteiger partial charge in [0.15, 0.2) is 11.5 Å². The van der Waals surface area contributed by atoms with Gasteiger partial charge in [-0.05, 0) is 57.0 Å². The summed E-state index contributed by atoms with van der Waals surface area (Å²) in [6.45, 7) is 7.22. The quantitative estimate of drug-likeness (QED) is 0.453. The first-order chi connectivity index (χ1) is 13.8. The summed E-state index contributed by atoms with van der Waals surface area (Å²) in [4.78, 5) is 31.8. The van der Waals surface area contributed by atoms with Crippen LogP contribution in [0.3, 0.4) is 0 Å². The molecule has 3 heterocycles. The minimum Gasteiger partial charge on any atom is -0.339 e. The maximum Gasteiger partial charge on any atom is 0.276 e. The van der Waals surface area contributed by atoms with E-state index in [9.17, 15) is 9.59 Å². The number of anilines is 1. The molecule has 0 saturated heterocycles. The number of Topliss-reactive ketones (excluding diaryl/α,β-unsaturated/α-hetero) is 1. The molecule has 3 N–H and O–H groups in total. The van der Waals surface area contributed by atoms with Gasteiger partial charge in [-0.1, -0.05) is 12.1 Å². The number of ketones is 1. The Morgan fingerprint density at radius 1 is 1.07 bits per heavy atom. The van der Waals surface area contributed by atoms with Gasteiger partial charge in [0.2, 0.25) is 0 Å². The van der Waals surface area contributed by atoms with Gasteiger partial charge in [0.05, 0.1) is 11.9 Å². The van der Waals surface area contributed by atoms with Crippen LogP contribution in [0.2, 0.25) is 0 Å². The van der Waals surface area contributed by atoms with Crippen LogP contribution >= 0.6 is 0 Å². The fourth-order valence-corrected chi connectivity index (χ4v) is 3.36. The van der Waals surface area contributed by atoms with E-state index in [4.69, 9.17) is 0 Å². The summed E-state index contributed by atoms with van der Waals surface area (Å²) in [5, 5.41) is 10.6. The molecule has 146 valence electrons. The minimum absolute atomic E-state index is 0.0510. The average molecular weight is 387 g/mol. The summed E-state index contributed by atoms with van der Waals surface area (Å²) in [6, 6.07) is 9.58. The largest absolute Gasteiger partial charge is 0.339 e. The van der Waals surface area contributed by atoms with Gasteiger partial charge in [0.25, 0.3) is 5.91 Å². The molecule has 3 aromatic heterocycles. The molecule has 1 amide bonds. The lowest BCUT2D eigenvalue weighted by molar-refractivity contribution is 0.101. The number of rotatable bonds is 4. The van der Waals surface area contributed by atoms with Crippen molar-refractivity contribution in [1.29, 1.82) is 0 Å². The zero-order chi connectivity index (χ0) is 20.7. The Bertz CT molecular complexity index is 1270. The van der Waals surface area contributed by atoms with Gasteiger partial charge in [-0.15, -0.1) is 0 Å². The van der Waals surface area contributed by atoms with Crippen LogP contribution < -0.4 is 5.32 Å². The molecule has 0 radical (unpaired) electrons. The second kappa shape index (κ2) is 7.01. The van der Waals surface area contributed by atoms with Crippen molar-refractivity contribution in [3.05, 3.63) is 64.6 Å². The van der Waals surface area contributed by atoms with Gasteiger partial charge in [-0.25, -0.2) is 4.98 Å². The molecule has 0 bridgehead atoms. The number of hydrogen-bond donors (Lipinski definition) is 3. The molecule has 0 spiro atoms. The normalized spacial score (nSPS) is 11.0. The Morgan fingerprint density at radius 2 is 1.86 bits per heavy atom. The number of aromatic amines is 2. The predicted octanol–water partition coefficient (Wildman–Crippen LogP) is 4.33. The Hall–Kier alpha value is -3.74. The van der Waals surface area contributed by atoms with Crippen LogP contribution in [0.5, 0.6) is 0 Å². The number of hydrogen-bond acceptors (Lipinski definition) is 4. The van der Waals surface area contributed by atoms with E-state index >= 15 is 0 Å². The van der Waals surface area contributed by atoms with E-state index in [1.165, 1.54) is 0 Å². The third-order valence-corrected chi connectivity index (χ3v) is 5.11. The number of nitrogens with one attached hydrogen (secondary N) is 3. The number of pyridine rings is 1. The fourth-order valence-electron chi connectivity index (χ4n) is 3.36. The second-order valence-corrected chi connectivity index (χ2v) is 7.21. The molecular weight excluding hydrogens is 366 g/mol. The molecule has 0 atom stereocenters. The number of nitrogens with zero attached hydrogens (tertiary/aromatic N) is 2. The lowest BCUT2D eigenvalue weighted by atomic mass is 10.0. The van der Waals surface area contributed by atoms with Crippen molar-refractivity contribution in [1.82, 2.24) is 20.2 Å². The van der Waals surface area contributed by atoms with Crippen molar-refractivity contribution in [2.45, 2.75) is 27.7 Å². The van der Waals surface area contributed by atoms with E-state index in [0.29, 0.717) is 11.4 Å². The highest BCUT2D eigenvalue weighted by Crippen LogP contribution is 2.27. The Morgan fingerprint density at radius 3 is 2.52 bits per heavy atom. The molecule has 0 saturated carbocycles. The second-order valence-electron chi connectivity index (χ2n) is 7.21. The molecule has 0 aliphatic rings. The summed E-state index contributed by atoms with van der Waals surface area (Å²) in [6.07, 6.45) is 1.61. The maximum absolute atomic E-state index is 12.5. The van der Waals surface area contributed by atoms with Gasteiger partial charge in [0.1, 0.15) is 5.65 Å². The monoisotopic (exact) mass is 387 g/mol. The molecule has 0 aliphatic heterocycles. The molecule has 7 heteroatoms. The standard InChI is InChI=1S/C22H21N5O2/c1-11-7-15(5-6-18(11)14(4)28)19-9-16-8-17(10-23-21(16)25-19)24-22(29)20-12(2)13(3)26-27-20/h5-10H,1-4H3,(H,23,25)(H,24,29)(H,26,27). The van der Waals surface area contributed by atoms with Crippen LogP contribution in [0.1, 0.15) is 44.6 Å². The first-order valence-corrected chi connectivity index (χ1v) is 9.27. The summed E-state index contributed by atoms with van der Waals surface area (Å²) >= 11 is 0. The van der Waals surface area contributed by atoms with Crippen molar-refractivity contribution >= 4 is 28.4 Å². The summed E-state index contributed by atoms with van der Waals surface area (Å²) in [5.41, 5.74) is 6.89. The maximum atomic E-state index is 12.5. The zero-order valence-corrected chi connectivity index (χ0v) is 16.7. The number of carbonyl (C=O) groups excluding carboxylic acids is 2. The van der Waals surface area contributed by atoms with Crippen LogP contribution in [0.4, 0.5) is 5.69 Å². The van der Waals surface area contributed by atoms with Gasteiger partial charge >= 0.3 is 0 Å². The van der Waals surface area contributed by atoms with Crippen LogP contribution in [0.25, 0.3) is 22.3 Å². The number of H-pyrrole nitrogens is 2. The van der Waals surface area contributed by atoms with Crippen LogP contribution in [0, 0.1) is 20.8 Å². The number of aromatic nitrogens is 4. The van der Waals surface area contributed by atoms with E-state index in [1.54, 1.807) is 13.1 Å². The van der Waals surface area contributed by atoms with Crippen LogP contribution in [-0.4, -0.2) is 31.9 Å². The van der Waals surface area contributed by atoms with Gasteiger partial charge < -0.3 is 10.3 Å². The van der Waals surface area contributed by atoms with Gasteiger partial charge in [-0.3, -0.25) is 14.7 Å². The first kappa shape index (κ1) is 18.6. The highest BCUT2D eigenvalue weighted by Gasteiger charge is 2.15. The summed E-state index contributed by atoms with van der Waals surface area (Å²) in [5.74, 6) is -0.228. The van der Waals surface area contributed by atoms with Crippen LogP contribution in [0.15, 0.2) is 36.5 Å². The number of benzene rings is 1. The van der Waals surface area contributed by atoms with Crippen molar-refractivity contribution in [2.24, 2.45) is 0 Å². The van der Waals surface area contributed by atoms with E-state index in [-0.39, 0.29) is 11.7 Å². The lowest BCUT2D eigenvalue weighted by Gasteiger charge is -2.04. The van der Waals surface area contributed by atoms with Gasteiger partial charge in [-0.2, -0.15) is 5.10 Å². The SMILES string of the molecule is CC(=O)c1ccc(-c2cc3cc(NC(=O)c4n[nH]c(C)c4C)cnc3[nH]2)cc1C. The van der Waals surface area contributed by atoms with Crippen molar-refractivity contribution in [2.75, 3.05) is 5.32 Å². The summed E-state index contributed by atoms with van der Waals surface area (Å²) < 4.78 is 0. The van der Waals surface area contributed by atoms with E-state index in [1.807, 2.05) is 51.1 Å². The Labute approximate surface area is 167 Å². The molecule has 7 nitrogen and oxygen atoms in total. The Kier molecular flexibility index (Phi) is 4.50. The third-order valence-electron chi connectivity index (χ3n) is 5.11. The Balaban J connectivity index is 1.63. The molecule has 29 heavy (non-hydrogen) atoms. The van der Waals surface area contributed by atoms with Crippen molar-refractivity contribution in [3.63, 3.8) is 0 Å². The highest BCUT2D eigenvalue weighted by atomic mass is 16.2. The third kappa shape index (κ3) is 3.42. The van der Waals surface area contributed by atoms with Gasteiger partial charge in [0, 0.05) is 27.9 Å². The van der Waals surface area contributed by atoms with E-state index in [2.05, 4.69) is 25.5 Å². The first-order valence-electron chi connectivity index (χ1n) is 9.27. The predicted molar refractivity (Wildman–Crippen MR) is 112 cm³/mol. The van der Waals surface area contributed by atoms with E-state index in [0.717, 1.165) is 44.7 Å². The molecule has 4 rings (SSSR count). The molecule has 4 aromatic rings. The molecule has 0 unspecified atom stereocenters. The smallest absolute Gasteiger partial charge is 0.276 e. The van der Waals surface area contributed by atoms with Crippen molar-refractivity contribution < 1.29 is 9.59 Å². The lowest BCUT2D eigenvalue weighted by Crippen LogP contribution is -2.13. The fraction of sp³-hybridized carbons (Fsp3) is 0.182. The zero-order valence-electron chi connectivity index (χ0n) is 16.7. The molecule has 1 aromatic carbocycles. The molecular formula is C22H21N5O2. The molecule has 0 fully saturated rings. The number of fused-ring (bicyclic) bond motifs is 1. The van der Waals surface area contributed by atoms with Crippen LogP contribution in [-0.2, 0) is 0 Å².